The molecule has 8 heteroatoms. The first kappa shape index (κ1) is 53.3. The van der Waals surface area contributed by atoms with Crippen LogP contribution in [0.1, 0.15) is 55.6 Å². The molecule has 2 aliphatic rings. The molecule has 0 aromatic heterocycles. The summed E-state index contributed by atoms with van der Waals surface area (Å²) in [6.07, 6.45) is 3.57. The summed E-state index contributed by atoms with van der Waals surface area (Å²) in [4.78, 5) is 3.65. The van der Waals surface area contributed by atoms with Crippen LogP contribution in [-0.2, 0) is 10.8 Å². The fraction of sp³-hybridized carbons (Fsp3) is 0.0256. The van der Waals surface area contributed by atoms with Gasteiger partial charge in [0, 0.05) is 34.9 Å². The van der Waals surface area contributed by atoms with Gasteiger partial charge in [-0.25, -0.2) is 26.3 Å². The third kappa shape index (κ3) is 8.75. The van der Waals surface area contributed by atoms with Gasteiger partial charge < -0.3 is 9.80 Å². The van der Waals surface area contributed by atoms with Crippen molar-refractivity contribution in [3.63, 3.8) is 0 Å². The van der Waals surface area contributed by atoms with E-state index in [1.165, 1.54) is 48.5 Å². The van der Waals surface area contributed by atoms with Gasteiger partial charge in [-0.05, 0) is 186 Å². The van der Waals surface area contributed by atoms with E-state index in [1.807, 2.05) is 155 Å². The predicted octanol–water partition coefficient (Wildman–Crippen LogP) is 21.1. The summed E-state index contributed by atoms with van der Waals surface area (Å²) in [5, 5.41) is 0. The van der Waals surface area contributed by atoms with Crippen molar-refractivity contribution in [2.45, 2.75) is 10.8 Å². The molecule has 0 saturated heterocycles. The van der Waals surface area contributed by atoms with Crippen LogP contribution in [-0.4, -0.2) is 0 Å². The summed E-state index contributed by atoms with van der Waals surface area (Å²) in [5.41, 5.74) is 15.9. The van der Waals surface area contributed by atoms with Crippen LogP contribution in [0.2, 0.25) is 0 Å². The second kappa shape index (κ2) is 21.2. The van der Waals surface area contributed by atoms with E-state index in [1.54, 1.807) is 12.2 Å². The van der Waals surface area contributed by atoms with Crippen molar-refractivity contribution in [1.29, 1.82) is 0 Å². The van der Waals surface area contributed by atoms with Crippen LogP contribution >= 0.6 is 0 Å². The van der Waals surface area contributed by atoms with Crippen molar-refractivity contribution in [3.8, 4) is 33.4 Å². The second-order valence-corrected chi connectivity index (χ2v) is 21.7. The Morgan fingerprint density at radius 1 is 0.256 bits per heavy atom. The number of nitrogens with zero attached hydrogens (tertiary/aromatic N) is 2. The highest BCUT2D eigenvalue weighted by Crippen LogP contribution is 2.59. The summed E-state index contributed by atoms with van der Waals surface area (Å²) >= 11 is 0. The molecule has 14 rings (SSSR count). The van der Waals surface area contributed by atoms with Gasteiger partial charge in [0.05, 0.1) is 22.2 Å². The topological polar surface area (TPSA) is 6.48 Å². The van der Waals surface area contributed by atoms with Gasteiger partial charge >= 0.3 is 0 Å². The van der Waals surface area contributed by atoms with Crippen molar-refractivity contribution in [2.24, 2.45) is 0 Å². The zero-order chi connectivity index (χ0) is 58.8. The molecular weight excluding hydrogens is 1080 g/mol. The lowest BCUT2D eigenvalue weighted by Gasteiger charge is -2.35. The Morgan fingerprint density at radius 3 is 0.895 bits per heavy atom. The maximum atomic E-state index is 15.5. The molecule has 0 radical (unpaired) electrons. The number of benzene rings is 12. The standard InChI is InChI=1S/C78H50F6N2/c1-3-49-13-21-53(22-14-49)77(55-25-29-57(79)30-26-55)73-11-7-5-9-69(73)71-39-37-65(47-75(71)77)85(67-43-59(81)41-60(82)44-67)63-33-17-51(18-34-63)52-19-35-64(36-20-52)86(68-45-61(83)42-62(84)46-68)66-38-40-72-70-10-6-8-12-74(70)78(76(72)48-66,56-27-31-58(80)32-28-56)54-23-15-50(4-2)16-24-54/h3-48H,1-2H2. The highest BCUT2D eigenvalue weighted by atomic mass is 19.2. The van der Waals surface area contributed by atoms with Crippen LogP contribution in [0.4, 0.5) is 60.5 Å². The van der Waals surface area contributed by atoms with Gasteiger partial charge in [-0.15, -0.1) is 0 Å². The molecule has 0 heterocycles. The molecule has 0 fully saturated rings. The highest BCUT2D eigenvalue weighted by Gasteiger charge is 2.48. The van der Waals surface area contributed by atoms with Crippen LogP contribution in [0.3, 0.4) is 0 Å². The smallest absolute Gasteiger partial charge is 0.128 e. The monoisotopic (exact) mass is 1130 g/mol. The number of anilines is 6. The zero-order valence-electron chi connectivity index (χ0n) is 46.1. The normalized spacial score (nSPS) is 15.3. The van der Waals surface area contributed by atoms with E-state index >= 15 is 17.6 Å². The van der Waals surface area contributed by atoms with E-state index in [2.05, 4.69) is 73.8 Å². The summed E-state index contributed by atoms with van der Waals surface area (Å²) in [6.45, 7) is 7.96. The van der Waals surface area contributed by atoms with Gasteiger partial charge in [0.1, 0.15) is 34.9 Å². The maximum Gasteiger partial charge on any atom is 0.128 e. The molecule has 0 spiro atoms. The van der Waals surface area contributed by atoms with Crippen molar-refractivity contribution < 1.29 is 26.3 Å². The Morgan fingerprint density at radius 2 is 0.558 bits per heavy atom. The molecule has 0 saturated carbocycles. The number of hydrogen-bond acceptors (Lipinski definition) is 2. The molecule has 0 N–H and O–H groups in total. The van der Waals surface area contributed by atoms with E-state index in [4.69, 9.17) is 0 Å². The van der Waals surface area contributed by atoms with Crippen molar-refractivity contribution in [2.75, 3.05) is 9.80 Å². The lowest BCUT2D eigenvalue weighted by Crippen LogP contribution is -2.29. The van der Waals surface area contributed by atoms with Gasteiger partial charge in [-0.1, -0.05) is 183 Å². The minimum atomic E-state index is -0.929. The van der Waals surface area contributed by atoms with Gasteiger partial charge in [-0.3, -0.25) is 0 Å². The Labute approximate surface area is 494 Å². The Balaban J connectivity index is 0.873. The number of fused-ring (bicyclic) bond motifs is 6. The molecular formula is C78H50F6N2. The SMILES string of the molecule is C=Cc1ccc(C2(c3ccc(F)cc3)c3ccccc3-c3ccc(N(c4ccc(-c5ccc(N(c6cc(F)cc(F)c6)c6ccc7c(c6)C(c6ccc(F)cc6)(c6ccc(C=C)cc6)c6ccccc6-7)cc5)cc4)c4cc(F)cc(F)c4)cc32)cc1. The van der Waals surface area contributed by atoms with Gasteiger partial charge in [0.25, 0.3) is 0 Å². The average molecular weight is 1130 g/mol. The van der Waals surface area contributed by atoms with Crippen LogP contribution in [0.5, 0.6) is 0 Å². The number of rotatable bonds is 13. The first-order valence-corrected chi connectivity index (χ1v) is 28.1. The van der Waals surface area contributed by atoms with Gasteiger partial charge in [0.2, 0.25) is 0 Å². The largest absolute Gasteiger partial charge is 0.310 e. The molecule has 2 nitrogen and oxygen atoms in total. The first-order chi connectivity index (χ1) is 41.9. The third-order valence-electron chi connectivity index (χ3n) is 17.1. The Hall–Kier alpha value is -10.7. The minimum absolute atomic E-state index is 0.252. The maximum absolute atomic E-state index is 15.5. The Bertz CT molecular complexity index is 4280. The van der Waals surface area contributed by atoms with Crippen LogP contribution in [0.25, 0.3) is 45.5 Å². The molecule has 12 aromatic carbocycles. The molecule has 0 amide bonds. The van der Waals surface area contributed by atoms with E-state index in [-0.39, 0.29) is 23.0 Å². The van der Waals surface area contributed by atoms with Gasteiger partial charge in [-0.2, -0.15) is 0 Å². The summed E-state index contributed by atoms with van der Waals surface area (Å²) in [7, 11) is 0. The molecule has 0 bridgehead atoms. The number of halogens is 6. The molecule has 0 aliphatic heterocycles. The van der Waals surface area contributed by atoms with Crippen molar-refractivity contribution in [3.05, 3.63) is 371 Å². The summed E-state index contributed by atoms with van der Waals surface area (Å²) in [6, 6.07) is 80.2. The molecule has 2 atom stereocenters. The lowest BCUT2D eigenvalue weighted by molar-refractivity contribution is 0.583. The molecule has 414 valence electrons. The first-order valence-electron chi connectivity index (χ1n) is 28.1. The predicted molar refractivity (Wildman–Crippen MR) is 336 cm³/mol. The van der Waals surface area contributed by atoms with E-state index < -0.39 is 34.1 Å². The van der Waals surface area contributed by atoms with Crippen molar-refractivity contribution >= 4 is 46.3 Å². The fourth-order valence-corrected chi connectivity index (χ4v) is 13.4. The Kier molecular flexibility index (Phi) is 13.1. The van der Waals surface area contributed by atoms with E-state index in [0.717, 1.165) is 101 Å². The minimum Gasteiger partial charge on any atom is -0.310 e. The molecule has 2 aliphatic carbocycles. The van der Waals surface area contributed by atoms with Crippen LogP contribution < -0.4 is 9.80 Å². The quantitative estimate of drug-likeness (QED) is 0.106. The highest BCUT2D eigenvalue weighted by molar-refractivity contribution is 5.92. The number of hydrogen-bond donors (Lipinski definition) is 0. The molecule has 12 aromatic rings. The fourth-order valence-electron chi connectivity index (χ4n) is 13.4. The van der Waals surface area contributed by atoms with E-state index in [0.29, 0.717) is 22.7 Å². The zero-order valence-corrected chi connectivity index (χ0v) is 46.1. The van der Waals surface area contributed by atoms with Crippen LogP contribution in [0.15, 0.2) is 280 Å². The van der Waals surface area contributed by atoms with Gasteiger partial charge in [0.15, 0.2) is 0 Å². The van der Waals surface area contributed by atoms with Crippen LogP contribution in [0, 0.1) is 34.9 Å². The van der Waals surface area contributed by atoms with Crippen molar-refractivity contribution in [1.82, 2.24) is 0 Å². The second-order valence-electron chi connectivity index (χ2n) is 21.7. The third-order valence-corrected chi connectivity index (χ3v) is 17.1. The summed E-state index contributed by atoms with van der Waals surface area (Å²) in [5.74, 6) is -3.72. The average Bonchev–Trinajstić information content (AvgIpc) is 1.63. The molecule has 86 heavy (non-hydrogen) atoms. The molecule has 2 unspecified atom stereocenters. The van der Waals surface area contributed by atoms with E-state index in [9.17, 15) is 8.78 Å². The summed E-state index contributed by atoms with van der Waals surface area (Å²) < 4.78 is 91.6. The lowest BCUT2D eigenvalue weighted by atomic mass is 9.67.